The molecule has 0 saturated heterocycles. The maximum atomic E-state index is 9.95. The molecular weight excluding hydrogens is 390 g/mol. The number of pyridine rings is 1. The molecular formula is C25H21N3O3. The molecule has 0 fully saturated rings. The highest BCUT2D eigenvalue weighted by Crippen LogP contribution is 2.51. The van der Waals surface area contributed by atoms with E-state index in [4.69, 9.17) is 20.2 Å². The van der Waals surface area contributed by atoms with Crippen molar-refractivity contribution < 1.29 is 14.6 Å². The van der Waals surface area contributed by atoms with Crippen LogP contribution >= 0.6 is 0 Å². The Bertz CT molecular complexity index is 1270. The van der Waals surface area contributed by atoms with Gasteiger partial charge in [0.05, 0.1) is 5.56 Å². The van der Waals surface area contributed by atoms with Gasteiger partial charge in [0.2, 0.25) is 5.88 Å². The molecule has 154 valence electrons. The molecule has 0 radical (unpaired) electrons. The summed E-state index contributed by atoms with van der Waals surface area (Å²) in [5.74, 6) is 6.89. The molecule has 2 aliphatic rings. The Labute approximate surface area is 180 Å². The molecule has 1 atom stereocenters. The molecule has 3 heterocycles. The first-order valence-electron chi connectivity index (χ1n) is 9.96. The van der Waals surface area contributed by atoms with Gasteiger partial charge in [-0.25, -0.2) is 9.98 Å². The van der Waals surface area contributed by atoms with E-state index >= 15 is 0 Å². The molecule has 0 amide bonds. The van der Waals surface area contributed by atoms with E-state index in [0.717, 1.165) is 22.3 Å². The molecule has 0 aliphatic carbocycles. The van der Waals surface area contributed by atoms with Gasteiger partial charge in [-0.1, -0.05) is 48.2 Å². The van der Waals surface area contributed by atoms with Crippen LogP contribution in [-0.4, -0.2) is 28.3 Å². The van der Waals surface area contributed by atoms with Crippen LogP contribution in [0.15, 0.2) is 65.8 Å². The van der Waals surface area contributed by atoms with Crippen molar-refractivity contribution in [3.05, 3.63) is 77.5 Å². The maximum absolute atomic E-state index is 9.95. The molecule has 31 heavy (non-hydrogen) atoms. The number of aromatic nitrogens is 1. The number of nitrogens with two attached hydrogens (primary N) is 1. The Morgan fingerprint density at radius 1 is 1.06 bits per heavy atom. The molecule has 5 rings (SSSR count). The minimum absolute atomic E-state index is 0.122. The van der Waals surface area contributed by atoms with Crippen LogP contribution < -0.4 is 10.5 Å². The fourth-order valence-corrected chi connectivity index (χ4v) is 3.83. The Morgan fingerprint density at radius 2 is 1.87 bits per heavy atom. The summed E-state index contributed by atoms with van der Waals surface area (Å²) in [4.78, 5) is 9.17. The van der Waals surface area contributed by atoms with Crippen molar-refractivity contribution in [2.45, 2.75) is 25.0 Å². The second-order valence-corrected chi connectivity index (χ2v) is 8.16. The van der Waals surface area contributed by atoms with Crippen LogP contribution in [0.4, 0.5) is 0 Å². The van der Waals surface area contributed by atoms with Gasteiger partial charge in [0.1, 0.15) is 18.0 Å². The summed E-state index contributed by atoms with van der Waals surface area (Å²) in [7, 11) is 0. The largest absolute Gasteiger partial charge is 0.462 e. The topological polar surface area (TPSA) is 90.0 Å². The van der Waals surface area contributed by atoms with Gasteiger partial charge in [0.25, 0.3) is 6.02 Å². The van der Waals surface area contributed by atoms with Gasteiger partial charge in [-0.15, -0.1) is 0 Å². The third-order valence-electron chi connectivity index (χ3n) is 5.28. The van der Waals surface area contributed by atoms with E-state index in [0.29, 0.717) is 17.2 Å². The molecule has 1 spiro atoms. The maximum Gasteiger partial charge on any atom is 0.283 e. The number of fused-ring (bicyclic) bond motifs is 4. The Kier molecular flexibility index (Phi) is 4.24. The highest BCUT2D eigenvalue weighted by molar-refractivity contribution is 5.77. The Morgan fingerprint density at radius 3 is 2.58 bits per heavy atom. The third-order valence-corrected chi connectivity index (χ3v) is 5.28. The number of nitrogens with zero attached hydrogens (tertiary/aromatic N) is 2. The summed E-state index contributed by atoms with van der Waals surface area (Å²) in [6.45, 7) is 3.51. The zero-order chi connectivity index (χ0) is 21.6. The first-order valence-corrected chi connectivity index (χ1v) is 9.96. The SMILES string of the molecule is CC(C)(O)C#Cc1cnc2c(c1)[C@]1(COC(N)=N1)c1cc(-c3ccccc3)ccc1O2. The lowest BCUT2D eigenvalue weighted by atomic mass is 9.81. The quantitative estimate of drug-likeness (QED) is 0.598. The number of ether oxygens (including phenoxy) is 2. The highest BCUT2D eigenvalue weighted by Gasteiger charge is 2.47. The summed E-state index contributed by atoms with van der Waals surface area (Å²) >= 11 is 0. The second kappa shape index (κ2) is 6.86. The molecule has 1 aromatic heterocycles. The number of aliphatic imine (C=N–C) groups is 1. The lowest BCUT2D eigenvalue weighted by Gasteiger charge is -2.33. The van der Waals surface area contributed by atoms with E-state index in [9.17, 15) is 5.11 Å². The molecule has 2 aliphatic heterocycles. The number of rotatable bonds is 1. The van der Waals surface area contributed by atoms with Crippen LogP contribution in [0.2, 0.25) is 0 Å². The molecule has 6 heteroatoms. The summed E-state index contributed by atoms with van der Waals surface area (Å²) < 4.78 is 11.7. The van der Waals surface area contributed by atoms with E-state index in [1.165, 1.54) is 0 Å². The van der Waals surface area contributed by atoms with Gasteiger partial charge >= 0.3 is 0 Å². The zero-order valence-electron chi connectivity index (χ0n) is 17.2. The van der Waals surface area contributed by atoms with Crippen LogP contribution in [-0.2, 0) is 10.3 Å². The lowest BCUT2D eigenvalue weighted by molar-refractivity contribution is 0.143. The average molecular weight is 411 g/mol. The van der Waals surface area contributed by atoms with E-state index in [-0.39, 0.29) is 12.6 Å². The minimum atomic E-state index is -1.11. The number of amidine groups is 1. The normalized spacial score (nSPS) is 18.7. The van der Waals surface area contributed by atoms with Crippen molar-refractivity contribution in [3.63, 3.8) is 0 Å². The average Bonchev–Trinajstić information content (AvgIpc) is 3.15. The summed E-state index contributed by atoms with van der Waals surface area (Å²) in [6, 6.07) is 18.1. The molecule has 0 unspecified atom stereocenters. The smallest absolute Gasteiger partial charge is 0.283 e. The van der Waals surface area contributed by atoms with Crippen LogP contribution in [0, 0.1) is 11.8 Å². The predicted octanol–water partition coefficient (Wildman–Crippen LogP) is 3.57. The molecule has 3 aromatic rings. The minimum Gasteiger partial charge on any atom is -0.462 e. The third kappa shape index (κ3) is 3.39. The monoisotopic (exact) mass is 411 g/mol. The van der Waals surface area contributed by atoms with Gasteiger partial charge in [-0.3, -0.25) is 0 Å². The van der Waals surface area contributed by atoms with Crippen LogP contribution in [0.25, 0.3) is 11.1 Å². The van der Waals surface area contributed by atoms with E-state index in [1.807, 2.05) is 36.4 Å². The van der Waals surface area contributed by atoms with Gasteiger partial charge in [0, 0.05) is 17.3 Å². The van der Waals surface area contributed by atoms with Gasteiger partial charge in [-0.05, 0) is 43.2 Å². The van der Waals surface area contributed by atoms with Crippen LogP contribution in [0.1, 0.15) is 30.5 Å². The fourth-order valence-electron chi connectivity index (χ4n) is 3.83. The first-order chi connectivity index (χ1) is 14.8. The Balaban J connectivity index is 1.69. The number of hydrogen-bond donors (Lipinski definition) is 2. The lowest BCUT2D eigenvalue weighted by Crippen LogP contribution is -2.31. The van der Waals surface area contributed by atoms with Gasteiger partial charge in [0.15, 0.2) is 5.54 Å². The molecule has 0 saturated carbocycles. The number of benzene rings is 2. The number of aliphatic hydroxyl groups is 1. The van der Waals surface area contributed by atoms with E-state index in [2.05, 4.69) is 35.0 Å². The van der Waals surface area contributed by atoms with Crippen molar-refractivity contribution in [1.29, 1.82) is 0 Å². The van der Waals surface area contributed by atoms with Crippen molar-refractivity contribution in [3.8, 4) is 34.6 Å². The second-order valence-electron chi connectivity index (χ2n) is 8.16. The fraction of sp³-hybridized carbons (Fsp3) is 0.200. The standard InChI is InChI=1S/C25H21N3O3/c1-24(2,29)11-10-16-12-20-22(27-14-16)31-21-9-8-18(17-6-4-3-5-7-17)13-19(21)25(20)15-30-23(26)28-25/h3-9,12-14,29H,15H2,1-2H3,(H2,26,28)/t25-/m0/s1. The first kappa shape index (κ1) is 19.2. The molecule has 2 aromatic carbocycles. The van der Waals surface area contributed by atoms with Crippen molar-refractivity contribution in [2.75, 3.05) is 6.61 Å². The van der Waals surface area contributed by atoms with E-state index in [1.54, 1.807) is 20.0 Å². The highest BCUT2D eigenvalue weighted by atomic mass is 16.5. The molecule has 3 N–H and O–H groups in total. The number of hydrogen-bond acceptors (Lipinski definition) is 6. The van der Waals surface area contributed by atoms with Crippen LogP contribution in [0.5, 0.6) is 11.6 Å². The van der Waals surface area contributed by atoms with Gasteiger partial charge in [-0.2, -0.15) is 0 Å². The summed E-state index contributed by atoms with van der Waals surface area (Å²) in [6.07, 6.45) is 1.62. The predicted molar refractivity (Wildman–Crippen MR) is 118 cm³/mol. The zero-order valence-corrected chi connectivity index (χ0v) is 17.2. The Hall–Kier alpha value is -3.82. The molecule has 0 bridgehead atoms. The van der Waals surface area contributed by atoms with Crippen molar-refractivity contribution in [2.24, 2.45) is 10.7 Å². The summed E-state index contributed by atoms with van der Waals surface area (Å²) in [5, 5.41) is 9.95. The summed E-state index contributed by atoms with van der Waals surface area (Å²) in [5.41, 5.74) is 8.33. The molecule has 6 nitrogen and oxygen atoms in total. The van der Waals surface area contributed by atoms with E-state index < -0.39 is 11.1 Å². The van der Waals surface area contributed by atoms with Crippen molar-refractivity contribution >= 4 is 6.02 Å². The van der Waals surface area contributed by atoms with Crippen molar-refractivity contribution in [1.82, 2.24) is 4.98 Å². The van der Waals surface area contributed by atoms with Crippen LogP contribution in [0.3, 0.4) is 0 Å². The van der Waals surface area contributed by atoms with Gasteiger partial charge < -0.3 is 20.3 Å².